The Bertz CT molecular complexity index is 415. The highest BCUT2D eigenvalue weighted by Crippen LogP contribution is 2.39. The number of hydrogen-bond donors (Lipinski definition) is 2. The van der Waals surface area contributed by atoms with Gasteiger partial charge in [-0.1, -0.05) is 0 Å². The molecule has 78 valence electrons. The van der Waals surface area contributed by atoms with E-state index in [1.54, 1.807) is 6.34 Å². The Morgan fingerprint density at radius 1 is 1.73 bits per heavy atom. The first-order valence-electron chi connectivity index (χ1n) is 4.50. The predicted octanol–water partition coefficient (Wildman–Crippen LogP) is 0.333. The van der Waals surface area contributed by atoms with Crippen LogP contribution < -0.4 is 10.5 Å². The number of rotatable bonds is 0. The van der Waals surface area contributed by atoms with Gasteiger partial charge in [0, 0.05) is 24.6 Å². The number of nitrogens with zero attached hydrogens (tertiary/aromatic N) is 3. The number of carbonyl (C=O) groups excluding carboxylic acids is 1. The molecule has 0 aliphatic carbocycles. The van der Waals surface area contributed by atoms with Crippen LogP contribution in [0.2, 0.25) is 0 Å². The topological polar surface area (TPSA) is 74.0 Å². The van der Waals surface area contributed by atoms with Gasteiger partial charge in [0.15, 0.2) is 0 Å². The Morgan fingerprint density at radius 3 is 3.40 bits per heavy atom. The minimum absolute atomic E-state index is 0.0791. The van der Waals surface area contributed by atoms with Gasteiger partial charge in [0.1, 0.15) is 17.5 Å². The van der Waals surface area contributed by atoms with Crippen molar-refractivity contribution in [2.45, 2.75) is 12.6 Å². The van der Waals surface area contributed by atoms with E-state index in [1.165, 1.54) is 22.5 Å². The molecule has 0 saturated heterocycles. The van der Waals surface area contributed by atoms with Gasteiger partial charge < -0.3 is 15.4 Å². The van der Waals surface area contributed by atoms with Gasteiger partial charge in [-0.3, -0.25) is 0 Å². The summed E-state index contributed by atoms with van der Waals surface area (Å²) >= 11 is 1.52. The SMILES string of the molecule is NC(=O)N1N=CN2C3=C(C=CNS3)CC21. The molecule has 3 aliphatic rings. The number of hydrazone groups is 1. The number of nitrogens with two attached hydrogens (primary N) is 1. The first-order chi connectivity index (χ1) is 7.27. The highest BCUT2D eigenvalue weighted by molar-refractivity contribution is 8.01. The quantitative estimate of drug-likeness (QED) is 0.580. The standard InChI is InChI=1S/C8H9N5OS/c9-8(14)13-6-3-5-1-2-11-15-7(5)12(6)4-10-13/h1-2,4,6,11H,3H2,(H2,9,14). The number of urea groups is 1. The highest BCUT2D eigenvalue weighted by Gasteiger charge is 2.40. The van der Waals surface area contributed by atoms with Gasteiger partial charge in [-0.15, -0.1) is 0 Å². The molecular formula is C8H9N5OS. The summed E-state index contributed by atoms with van der Waals surface area (Å²) in [5.41, 5.74) is 6.44. The Morgan fingerprint density at radius 2 is 2.60 bits per heavy atom. The fourth-order valence-electron chi connectivity index (χ4n) is 1.89. The highest BCUT2D eigenvalue weighted by atomic mass is 32.2. The first kappa shape index (κ1) is 8.66. The molecule has 3 aliphatic heterocycles. The van der Waals surface area contributed by atoms with Gasteiger partial charge in [0.25, 0.3) is 0 Å². The fourth-order valence-corrected chi connectivity index (χ4v) is 2.70. The van der Waals surface area contributed by atoms with Gasteiger partial charge in [0.05, 0.1) is 0 Å². The van der Waals surface area contributed by atoms with E-state index in [9.17, 15) is 4.79 Å². The Balaban J connectivity index is 1.92. The molecule has 1 atom stereocenters. The van der Waals surface area contributed by atoms with Gasteiger partial charge in [-0.05, 0) is 11.6 Å². The maximum Gasteiger partial charge on any atom is 0.337 e. The summed E-state index contributed by atoms with van der Waals surface area (Å²) in [6.07, 6.45) is 6.23. The van der Waals surface area contributed by atoms with Crippen LogP contribution >= 0.6 is 11.9 Å². The molecule has 0 saturated carbocycles. The van der Waals surface area contributed by atoms with Crippen molar-refractivity contribution < 1.29 is 4.79 Å². The predicted molar refractivity (Wildman–Crippen MR) is 57.1 cm³/mol. The molecule has 6 nitrogen and oxygen atoms in total. The van der Waals surface area contributed by atoms with Crippen LogP contribution in [-0.4, -0.2) is 28.4 Å². The molecule has 0 fully saturated rings. The average Bonchev–Trinajstić information content (AvgIpc) is 2.74. The van der Waals surface area contributed by atoms with Crippen molar-refractivity contribution >= 4 is 24.3 Å². The fraction of sp³-hybridized carbons (Fsp3) is 0.250. The third-order valence-corrected chi connectivity index (χ3v) is 3.47. The molecule has 3 rings (SSSR count). The first-order valence-corrected chi connectivity index (χ1v) is 5.32. The van der Waals surface area contributed by atoms with E-state index in [0.717, 1.165) is 11.4 Å². The lowest BCUT2D eigenvalue weighted by Crippen LogP contribution is -2.41. The van der Waals surface area contributed by atoms with E-state index in [-0.39, 0.29) is 6.17 Å². The number of carbonyl (C=O) groups is 1. The molecule has 0 aromatic carbocycles. The van der Waals surface area contributed by atoms with Gasteiger partial charge in [-0.25, -0.2) is 4.79 Å². The minimum atomic E-state index is -0.513. The van der Waals surface area contributed by atoms with Crippen molar-refractivity contribution in [1.82, 2.24) is 14.6 Å². The van der Waals surface area contributed by atoms with Crippen LogP contribution in [0.5, 0.6) is 0 Å². The van der Waals surface area contributed by atoms with Crippen LogP contribution in [0, 0.1) is 0 Å². The van der Waals surface area contributed by atoms with Crippen molar-refractivity contribution in [3.63, 3.8) is 0 Å². The third-order valence-electron chi connectivity index (χ3n) is 2.55. The number of amides is 2. The smallest absolute Gasteiger partial charge is 0.337 e. The van der Waals surface area contributed by atoms with Gasteiger partial charge in [-0.2, -0.15) is 10.1 Å². The molecule has 3 heterocycles. The molecular weight excluding hydrogens is 214 g/mol. The van der Waals surface area contributed by atoms with Gasteiger partial charge in [0.2, 0.25) is 0 Å². The summed E-state index contributed by atoms with van der Waals surface area (Å²) < 4.78 is 3.05. The summed E-state index contributed by atoms with van der Waals surface area (Å²) in [7, 11) is 0. The summed E-state index contributed by atoms with van der Waals surface area (Å²) in [5, 5.41) is 6.38. The second-order valence-electron chi connectivity index (χ2n) is 3.39. The van der Waals surface area contributed by atoms with Crippen LogP contribution in [0.4, 0.5) is 4.79 Å². The van der Waals surface area contributed by atoms with Crippen LogP contribution in [0.15, 0.2) is 28.0 Å². The number of fused-ring (bicyclic) bond motifs is 2. The zero-order valence-electron chi connectivity index (χ0n) is 7.75. The van der Waals surface area contributed by atoms with Crippen LogP contribution in [0.3, 0.4) is 0 Å². The van der Waals surface area contributed by atoms with Crippen molar-refractivity contribution in [2.75, 3.05) is 0 Å². The molecule has 0 spiro atoms. The lowest BCUT2D eigenvalue weighted by molar-refractivity contribution is 0.171. The van der Waals surface area contributed by atoms with Gasteiger partial charge >= 0.3 is 6.03 Å². The molecule has 15 heavy (non-hydrogen) atoms. The normalized spacial score (nSPS) is 26.8. The van der Waals surface area contributed by atoms with Crippen molar-refractivity contribution in [3.8, 4) is 0 Å². The molecule has 0 bridgehead atoms. The number of allylic oxidation sites excluding steroid dienone is 1. The molecule has 7 heteroatoms. The maximum atomic E-state index is 11.1. The number of hydrogen-bond acceptors (Lipinski definition) is 5. The van der Waals surface area contributed by atoms with Crippen molar-refractivity contribution in [1.29, 1.82) is 0 Å². The monoisotopic (exact) mass is 223 g/mol. The molecule has 0 radical (unpaired) electrons. The summed E-state index contributed by atoms with van der Waals surface area (Å²) in [4.78, 5) is 13.1. The molecule has 2 amide bonds. The zero-order valence-corrected chi connectivity index (χ0v) is 8.57. The van der Waals surface area contributed by atoms with Crippen molar-refractivity contribution in [3.05, 3.63) is 22.9 Å². The molecule has 0 aromatic heterocycles. The van der Waals surface area contributed by atoms with E-state index in [1.807, 2.05) is 17.2 Å². The zero-order chi connectivity index (χ0) is 10.4. The molecule has 3 N–H and O–H groups in total. The second-order valence-corrected chi connectivity index (χ2v) is 4.22. The molecule has 1 unspecified atom stereocenters. The maximum absolute atomic E-state index is 11.1. The average molecular weight is 223 g/mol. The molecule has 0 aromatic rings. The third kappa shape index (κ3) is 1.13. The lowest BCUT2D eigenvalue weighted by Gasteiger charge is -2.22. The Hall–Kier alpha value is -1.63. The van der Waals surface area contributed by atoms with E-state index in [0.29, 0.717) is 0 Å². The summed E-state index contributed by atoms with van der Waals surface area (Å²) in [5.74, 6) is 0. The Labute approximate surface area is 90.6 Å². The largest absolute Gasteiger partial charge is 0.350 e. The Kier molecular flexibility index (Phi) is 1.69. The van der Waals surface area contributed by atoms with E-state index in [2.05, 4.69) is 9.82 Å². The van der Waals surface area contributed by atoms with Crippen LogP contribution in [-0.2, 0) is 0 Å². The van der Waals surface area contributed by atoms with E-state index >= 15 is 0 Å². The summed E-state index contributed by atoms with van der Waals surface area (Å²) in [6.45, 7) is 0. The number of nitrogens with one attached hydrogen (secondary N) is 1. The van der Waals surface area contributed by atoms with Crippen LogP contribution in [0.1, 0.15) is 6.42 Å². The second kappa shape index (κ2) is 2.93. The summed E-state index contributed by atoms with van der Waals surface area (Å²) in [6, 6.07) is -0.513. The van der Waals surface area contributed by atoms with E-state index in [4.69, 9.17) is 5.73 Å². The number of primary amides is 1. The van der Waals surface area contributed by atoms with Crippen molar-refractivity contribution in [2.24, 2.45) is 10.8 Å². The van der Waals surface area contributed by atoms with E-state index < -0.39 is 6.03 Å². The minimum Gasteiger partial charge on any atom is -0.350 e. The lowest BCUT2D eigenvalue weighted by atomic mass is 10.2. The van der Waals surface area contributed by atoms with Crippen LogP contribution in [0.25, 0.3) is 0 Å².